The van der Waals surface area contributed by atoms with Gasteiger partial charge in [0.2, 0.25) is 0 Å². The van der Waals surface area contributed by atoms with Gasteiger partial charge in [0.15, 0.2) is 0 Å². The van der Waals surface area contributed by atoms with E-state index in [1.54, 1.807) is 0 Å². The molecule has 12 heavy (non-hydrogen) atoms. The Labute approximate surface area is 75.3 Å². The summed E-state index contributed by atoms with van der Waals surface area (Å²) >= 11 is 0. The molecule has 0 radical (unpaired) electrons. The van der Waals surface area contributed by atoms with Crippen molar-refractivity contribution in [3.8, 4) is 0 Å². The van der Waals surface area contributed by atoms with Gasteiger partial charge in [-0.15, -0.1) is 0 Å². The first-order chi connectivity index (χ1) is 5.79. The Morgan fingerprint density at radius 1 is 1.42 bits per heavy atom. The van der Waals surface area contributed by atoms with Crippen LogP contribution < -0.4 is 5.32 Å². The zero-order valence-corrected chi connectivity index (χ0v) is 8.21. The monoisotopic (exact) mass is 168 g/mol. The predicted octanol–water partition coefficient (Wildman–Crippen LogP) is 1.22. The molecule has 3 saturated heterocycles. The number of nitrogens with one attached hydrogen (secondary N) is 1. The van der Waals surface area contributed by atoms with Crippen molar-refractivity contribution in [2.45, 2.75) is 51.2 Å². The normalized spacial score (nSPS) is 37.5. The first-order valence-corrected chi connectivity index (χ1v) is 5.29. The molecule has 3 fully saturated rings. The van der Waals surface area contributed by atoms with Crippen molar-refractivity contribution >= 4 is 0 Å². The summed E-state index contributed by atoms with van der Waals surface area (Å²) in [4.78, 5) is 2.65. The Balaban J connectivity index is 1.80. The van der Waals surface area contributed by atoms with Crippen LogP contribution in [0.1, 0.15) is 33.1 Å². The Morgan fingerprint density at radius 3 is 2.50 bits per heavy atom. The minimum absolute atomic E-state index is 0.808. The van der Waals surface area contributed by atoms with E-state index in [-0.39, 0.29) is 0 Å². The quantitative estimate of drug-likeness (QED) is 0.681. The Hall–Kier alpha value is -0.0800. The summed E-state index contributed by atoms with van der Waals surface area (Å²) in [6.07, 6.45) is 4.11. The lowest BCUT2D eigenvalue weighted by Crippen LogP contribution is -2.67. The molecule has 3 unspecified atom stereocenters. The van der Waals surface area contributed by atoms with Crippen molar-refractivity contribution in [2.24, 2.45) is 0 Å². The molecular weight excluding hydrogens is 148 g/mol. The molecule has 2 nitrogen and oxygen atoms in total. The summed E-state index contributed by atoms with van der Waals surface area (Å²) in [5, 5.41) is 3.56. The van der Waals surface area contributed by atoms with Crippen LogP contribution in [0.15, 0.2) is 0 Å². The van der Waals surface area contributed by atoms with Gasteiger partial charge in [0.1, 0.15) is 0 Å². The fourth-order valence-corrected chi connectivity index (χ4v) is 2.51. The fourth-order valence-electron chi connectivity index (χ4n) is 2.51. The first kappa shape index (κ1) is 8.52. The third-order valence-electron chi connectivity index (χ3n) is 3.28. The van der Waals surface area contributed by atoms with Crippen molar-refractivity contribution in [1.29, 1.82) is 0 Å². The largest absolute Gasteiger partial charge is 0.309 e. The highest BCUT2D eigenvalue weighted by Crippen LogP contribution is 2.23. The lowest BCUT2D eigenvalue weighted by Gasteiger charge is -2.50. The molecular formula is C10H20N2. The van der Waals surface area contributed by atoms with Crippen molar-refractivity contribution in [1.82, 2.24) is 10.2 Å². The molecule has 1 N–H and O–H groups in total. The second-order valence-electron chi connectivity index (χ2n) is 4.39. The van der Waals surface area contributed by atoms with Crippen LogP contribution >= 0.6 is 0 Å². The summed E-state index contributed by atoms with van der Waals surface area (Å²) in [7, 11) is 0. The zero-order valence-electron chi connectivity index (χ0n) is 8.21. The van der Waals surface area contributed by atoms with Gasteiger partial charge in [-0.2, -0.15) is 0 Å². The number of fused-ring (bicyclic) bond motifs is 2. The van der Waals surface area contributed by atoms with E-state index in [1.807, 2.05) is 0 Å². The van der Waals surface area contributed by atoms with Crippen molar-refractivity contribution in [3.05, 3.63) is 0 Å². The van der Waals surface area contributed by atoms with Gasteiger partial charge in [0.05, 0.1) is 0 Å². The molecule has 3 atom stereocenters. The number of hydrogen-bond donors (Lipinski definition) is 1. The maximum absolute atomic E-state index is 3.56. The van der Waals surface area contributed by atoms with E-state index < -0.39 is 0 Å². The van der Waals surface area contributed by atoms with Crippen LogP contribution in [-0.2, 0) is 0 Å². The molecule has 2 bridgehead atoms. The van der Waals surface area contributed by atoms with E-state index in [0.717, 1.165) is 18.1 Å². The highest BCUT2D eigenvalue weighted by Gasteiger charge is 2.37. The molecule has 3 aliphatic rings. The van der Waals surface area contributed by atoms with Crippen molar-refractivity contribution in [2.75, 3.05) is 13.1 Å². The summed E-state index contributed by atoms with van der Waals surface area (Å²) in [6.45, 7) is 7.23. The fraction of sp³-hybridized carbons (Fsp3) is 1.00. The molecule has 0 saturated carbocycles. The second kappa shape index (κ2) is 3.35. The van der Waals surface area contributed by atoms with Crippen LogP contribution in [0, 0.1) is 0 Å². The number of piperazine rings is 1. The van der Waals surface area contributed by atoms with Crippen molar-refractivity contribution in [3.63, 3.8) is 0 Å². The topological polar surface area (TPSA) is 15.3 Å². The second-order valence-corrected chi connectivity index (χ2v) is 4.39. The standard InChI is InChI=1S/C10H20N2/c1-3-4-8(2)12-6-9-5-10(7-12)11-9/h8-11H,3-7H2,1-2H3. The molecule has 3 heterocycles. The van der Waals surface area contributed by atoms with E-state index in [2.05, 4.69) is 24.1 Å². The number of nitrogens with zero attached hydrogens (tertiary/aromatic N) is 1. The van der Waals surface area contributed by atoms with Crippen molar-refractivity contribution < 1.29 is 0 Å². The SMILES string of the molecule is CCCC(C)N1CC2CC(C1)N2. The molecule has 0 spiro atoms. The molecule has 0 aromatic carbocycles. The third-order valence-corrected chi connectivity index (χ3v) is 3.28. The van der Waals surface area contributed by atoms with Gasteiger partial charge in [0.25, 0.3) is 0 Å². The van der Waals surface area contributed by atoms with Crippen LogP contribution in [0.2, 0.25) is 0 Å². The highest BCUT2D eigenvalue weighted by atomic mass is 15.3. The maximum atomic E-state index is 3.56. The highest BCUT2D eigenvalue weighted by molar-refractivity contribution is 4.98. The minimum atomic E-state index is 0.808. The summed E-state index contributed by atoms with van der Waals surface area (Å²) in [5.74, 6) is 0. The number of hydrogen-bond acceptors (Lipinski definition) is 2. The predicted molar refractivity (Wildman–Crippen MR) is 51.3 cm³/mol. The molecule has 0 amide bonds. The van der Waals surface area contributed by atoms with Crippen LogP contribution in [0.3, 0.4) is 0 Å². The molecule has 2 heteroatoms. The molecule has 3 rings (SSSR count). The lowest BCUT2D eigenvalue weighted by molar-refractivity contribution is 0.0482. The molecule has 0 aliphatic carbocycles. The zero-order chi connectivity index (χ0) is 8.55. The molecule has 0 aromatic rings. The maximum Gasteiger partial charge on any atom is 0.0213 e. The smallest absolute Gasteiger partial charge is 0.0213 e. The van der Waals surface area contributed by atoms with Gasteiger partial charge in [-0.05, 0) is 19.8 Å². The van der Waals surface area contributed by atoms with Gasteiger partial charge in [-0.1, -0.05) is 13.3 Å². The van der Waals surface area contributed by atoms with Crippen LogP contribution in [-0.4, -0.2) is 36.1 Å². The molecule has 3 aliphatic heterocycles. The summed E-state index contributed by atoms with van der Waals surface area (Å²) in [5.41, 5.74) is 0. The van der Waals surface area contributed by atoms with E-state index in [4.69, 9.17) is 0 Å². The number of piperidine rings is 1. The Kier molecular flexibility index (Phi) is 2.37. The van der Waals surface area contributed by atoms with Gasteiger partial charge in [-0.25, -0.2) is 0 Å². The van der Waals surface area contributed by atoms with Crippen LogP contribution in [0.5, 0.6) is 0 Å². The van der Waals surface area contributed by atoms with Gasteiger partial charge < -0.3 is 5.32 Å². The Morgan fingerprint density at radius 2 is 2.00 bits per heavy atom. The van der Waals surface area contributed by atoms with E-state index >= 15 is 0 Å². The van der Waals surface area contributed by atoms with Crippen LogP contribution in [0.25, 0.3) is 0 Å². The van der Waals surface area contributed by atoms with Crippen LogP contribution in [0.4, 0.5) is 0 Å². The minimum Gasteiger partial charge on any atom is -0.309 e. The summed E-state index contributed by atoms with van der Waals surface area (Å²) < 4.78 is 0. The van der Waals surface area contributed by atoms with Gasteiger partial charge >= 0.3 is 0 Å². The van der Waals surface area contributed by atoms with Gasteiger partial charge in [-0.3, -0.25) is 4.90 Å². The lowest BCUT2D eigenvalue weighted by atomic mass is 9.90. The Bertz CT molecular complexity index is 142. The molecule has 0 aromatic heterocycles. The summed E-state index contributed by atoms with van der Waals surface area (Å²) in [6, 6.07) is 2.45. The average molecular weight is 168 g/mol. The van der Waals surface area contributed by atoms with E-state index in [0.29, 0.717) is 0 Å². The average Bonchev–Trinajstić information content (AvgIpc) is 2.04. The van der Waals surface area contributed by atoms with E-state index in [1.165, 1.54) is 32.4 Å². The molecule has 70 valence electrons. The first-order valence-electron chi connectivity index (χ1n) is 5.29. The van der Waals surface area contributed by atoms with Gasteiger partial charge in [0, 0.05) is 31.2 Å². The third kappa shape index (κ3) is 1.50. The number of rotatable bonds is 3. The van der Waals surface area contributed by atoms with E-state index in [9.17, 15) is 0 Å².